The Labute approximate surface area is 181 Å². The van der Waals surface area contributed by atoms with Crippen LogP contribution in [-0.2, 0) is 20.7 Å². The first kappa shape index (κ1) is 24.1. The molecule has 0 radical (unpaired) electrons. The highest BCUT2D eigenvalue weighted by atomic mass is 16.5. The van der Waals surface area contributed by atoms with Gasteiger partial charge in [-0.05, 0) is 56.4 Å². The summed E-state index contributed by atoms with van der Waals surface area (Å²) in [5, 5.41) is 10.6. The molecule has 0 aliphatic carbocycles. The summed E-state index contributed by atoms with van der Waals surface area (Å²) in [7, 11) is 1.40. The molecule has 1 fully saturated rings. The van der Waals surface area contributed by atoms with Gasteiger partial charge in [-0.15, -0.1) is 0 Å². The van der Waals surface area contributed by atoms with Crippen LogP contribution < -0.4 is 0 Å². The summed E-state index contributed by atoms with van der Waals surface area (Å²) in [5.41, 5.74) is 1.31. The number of hydrogen-bond donors (Lipinski definition) is 1. The lowest BCUT2D eigenvalue weighted by molar-refractivity contribution is -0.140. The zero-order valence-electron chi connectivity index (χ0n) is 18.5. The van der Waals surface area contributed by atoms with Gasteiger partial charge < -0.3 is 14.7 Å². The fourth-order valence-corrected chi connectivity index (χ4v) is 4.00. The number of ether oxygens (including phenoxy) is 1. The number of unbranched alkanes of at least 4 members (excludes halogenated alkanes) is 1. The molecule has 1 aliphatic heterocycles. The molecule has 1 saturated heterocycles. The molecule has 1 aromatic rings. The van der Waals surface area contributed by atoms with Gasteiger partial charge in [-0.1, -0.05) is 49.4 Å². The van der Waals surface area contributed by atoms with E-state index in [0.717, 1.165) is 44.9 Å². The van der Waals surface area contributed by atoms with Crippen LogP contribution in [0.5, 0.6) is 0 Å². The van der Waals surface area contributed by atoms with Gasteiger partial charge in [0.25, 0.3) is 0 Å². The zero-order chi connectivity index (χ0) is 21.8. The average Bonchev–Trinajstić information content (AvgIpc) is 3.12. The fourth-order valence-electron chi connectivity index (χ4n) is 4.00. The first-order valence-corrected chi connectivity index (χ1v) is 11.2. The summed E-state index contributed by atoms with van der Waals surface area (Å²) < 4.78 is 4.63. The molecular formula is C25H37NO4. The molecule has 1 aromatic carbocycles. The molecule has 30 heavy (non-hydrogen) atoms. The fraction of sp³-hybridized carbons (Fsp3) is 0.600. The highest BCUT2D eigenvalue weighted by Gasteiger charge is 2.30. The van der Waals surface area contributed by atoms with Crippen molar-refractivity contribution in [3.63, 3.8) is 0 Å². The molecule has 166 valence electrons. The van der Waals surface area contributed by atoms with Gasteiger partial charge in [-0.2, -0.15) is 0 Å². The van der Waals surface area contributed by atoms with Gasteiger partial charge in [0.1, 0.15) is 0 Å². The first-order valence-electron chi connectivity index (χ1n) is 11.2. The van der Waals surface area contributed by atoms with Crippen LogP contribution in [0.15, 0.2) is 42.5 Å². The van der Waals surface area contributed by atoms with E-state index in [1.54, 1.807) is 0 Å². The molecule has 1 N–H and O–H groups in total. The van der Waals surface area contributed by atoms with E-state index in [9.17, 15) is 14.7 Å². The number of amides is 1. The molecule has 0 bridgehead atoms. The number of carbonyl (C=O) groups excluding carboxylic acids is 2. The molecule has 1 aliphatic rings. The Hall–Kier alpha value is -2.14. The Morgan fingerprint density at radius 2 is 2.03 bits per heavy atom. The van der Waals surface area contributed by atoms with Gasteiger partial charge in [0.15, 0.2) is 0 Å². The smallest absolute Gasteiger partial charge is 0.305 e. The van der Waals surface area contributed by atoms with E-state index in [1.165, 1.54) is 12.7 Å². The number of nitrogens with zero attached hydrogens (tertiary/aromatic N) is 1. The van der Waals surface area contributed by atoms with E-state index in [0.29, 0.717) is 19.4 Å². The number of carbonyl (C=O) groups is 2. The van der Waals surface area contributed by atoms with Crippen molar-refractivity contribution in [3.8, 4) is 0 Å². The minimum atomic E-state index is -0.333. The maximum Gasteiger partial charge on any atom is 0.305 e. The summed E-state index contributed by atoms with van der Waals surface area (Å²) in [4.78, 5) is 25.3. The van der Waals surface area contributed by atoms with Gasteiger partial charge in [-0.25, -0.2) is 0 Å². The third-order valence-corrected chi connectivity index (χ3v) is 6.08. The Bertz CT molecular complexity index is 673. The number of allylic oxidation sites excluding steroid dienone is 1. The predicted molar refractivity (Wildman–Crippen MR) is 119 cm³/mol. The van der Waals surface area contributed by atoms with Crippen molar-refractivity contribution in [2.45, 2.75) is 76.9 Å². The molecule has 3 atom stereocenters. The van der Waals surface area contributed by atoms with Crippen molar-refractivity contribution < 1.29 is 19.4 Å². The van der Waals surface area contributed by atoms with Crippen LogP contribution in [0.1, 0.15) is 63.9 Å². The first-order chi connectivity index (χ1) is 14.5. The van der Waals surface area contributed by atoms with E-state index in [-0.39, 0.29) is 29.9 Å². The van der Waals surface area contributed by atoms with E-state index >= 15 is 0 Å². The van der Waals surface area contributed by atoms with Crippen molar-refractivity contribution in [2.24, 2.45) is 5.92 Å². The van der Waals surface area contributed by atoms with E-state index < -0.39 is 0 Å². The molecular weight excluding hydrogens is 378 g/mol. The maximum atomic E-state index is 12.2. The number of aryl methyl sites for hydroxylation is 1. The number of hydrogen-bond acceptors (Lipinski definition) is 4. The molecule has 0 aromatic heterocycles. The van der Waals surface area contributed by atoms with Gasteiger partial charge in [0.05, 0.1) is 13.2 Å². The molecule has 5 nitrogen and oxygen atoms in total. The van der Waals surface area contributed by atoms with Crippen LogP contribution in [-0.4, -0.2) is 47.7 Å². The van der Waals surface area contributed by atoms with E-state index in [2.05, 4.69) is 35.9 Å². The Kier molecular flexibility index (Phi) is 10.6. The van der Waals surface area contributed by atoms with Crippen LogP contribution in [0, 0.1) is 5.92 Å². The average molecular weight is 416 g/mol. The van der Waals surface area contributed by atoms with Crippen LogP contribution in [0.25, 0.3) is 0 Å². The van der Waals surface area contributed by atoms with E-state index in [1.807, 2.05) is 23.1 Å². The molecule has 0 unspecified atom stereocenters. The summed E-state index contributed by atoms with van der Waals surface area (Å²) in [6.07, 6.45) is 10.7. The van der Waals surface area contributed by atoms with Gasteiger partial charge in [-0.3, -0.25) is 9.59 Å². The number of esters is 1. The largest absolute Gasteiger partial charge is 0.469 e. The quantitative estimate of drug-likeness (QED) is 0.297. The number of likely N-dealkylation sites (tertiary alicyclic amines) is 1. The van der Waals surface area contributed by atoms with Gasteiger partial charge in [0.2, 0.25) is 5.91 Å². The highest BCUT2D eigenvalue weighted by Crippen LogP contribution is 2.25. The number of benzene rings is 1. The van der Waals surface area contributed by atoms with Crippen molar-refractivity contribution in [1.29, 1.82) is 0 Å². The molecule has 0 saturated carbocycles. The Morgan fingerprint density at radius 3 is 2.77 bits per heavy atom. The lowest BCUT2D eigenvalue weighted by atomic mass is 9.92. The van der Waals surface area contributed by atoms with Crippen molar-refractivity contribution in [3.05, 3.63) is 48.0 Å². The minimum Gasteiger partial charge on any atom is -0.469 e. The molecule has 1 heterocycles. The van der Waals surface area contributed by atoms with Crippen LogP contribution in [0.2, 0.25) is 0 Å². The van der Waals surface area contributed by atoms with E-state index in [4.69, 9.17) is 0 Å². The second-order valence-electron chi connectivity index (χ2n) is 8.32. The van der Waals surface area contributed by atoms with Crippen LogP contribution >= 0.6 is 0 Å². The Morgan fingerprint density at radius 1 is 1.27 bits per heavy atom. The highest BCUT2D eigenvalue weighted by molar-refractivity contribution is 5.78. The summed E-state index contributed by atoms with van der Waals surface area (Å²) in [6.45, 7) is 2.73. The number of aliphatic hydroxyl groups is 1. The lowest BCUT2D eigenvalue weighted by Gasteiger charge is -2.26. The predicted octanol–water partition coefficient (Wildman–Crippen LogP) is 4.29. The molecule has 2 rings (SSSR count). The standard InChI is InChI=1S/C25H37NO4/c1-20(13-14-21-10-6-5-7-11-21)23(27)17-15-22-16-18-24(28)26(22)19-9-4-3-8-12-25(29)30-2/h4-7,9-11,20,22-23,27H,3,8,12-19H2,1-2H3/b9-4-/t20-,22-,23+/m0/s1. The Balaban J connectivity index is 1.69. The molecule has 0 spiro atoms. The third-order valence-electron chi connectivity index (χ3n) is 6.08. The second kappa shape index (κ2) is 13.2. The number of methoxy groups -OCH3 is 1. The third kappa shape index (κ3) is 8.31. The van der Waals surface area contributed by atoms with Gasteiger partial charge in [0, 0.05) is 25.4 Å². The molecule has 5 heteroatoms. The zero-order valence-corrected chi connectivity index (χ0v) is 18.5. The SMILES string of the molecule is COC(=O)CCC/C=C\CN1C(=O)CC[C@@H]1CC[C@@H](O)[C@@H](C)CCc1ccccc1. The summed E-state index contributed by atoms with van der Waals surface area (Å²) >= 11 is 0. The monoisotopic (exact) mass is 415 g/mol. The summed E-state index contributed by atoms with van der Waals surface area (Å²) in [6, 6.07) is 10.6. The topological polar surface area (TPSA) is 66.8 Å². The molecule has 1 amide bonds. The van der Waals surface area contributed by atoms with Crippen molar-refractivity contribution in [2.75, 3.05) is 13.7 Å². The summed E-state index contributed by atoms with van der Waals surface area (Å²) in [5.74, 6) is 0.256. The number of aliphatic hydroxyl groups excluding tert-OH is 1. The van der Waals surface area contributed by atoms with Crippen molar-refractivity contribution >= 4 is 11.9 Å². The van der Waals surface area contributed by atoms with Crippen LogP contribution in [0.3, 0.4) is 0 Å². The van der Waals surface area contributed by atoms with Crippen molar-refractivity contribution in [1.82, 2.24) is 4.90 Å². The lowest BCUT2D eigenvalue weighted by Crippen LogP contribution is -2.34. The minimum absolute atomic E-state index is 0.185. The normalized spacial score (nSPS) is 18.7. The number of rotatable bonds is 13. The maximum absolute atomic E-state index is 12.2. The van der Waals surface area contributed by atoms with Crippen LogP contribution in [0.4, 0.5) is 0 Å². The van der Waals surface area contributed by atoms with Gasteiger partial charge >= 0.3 is 5.97 Å². The second-order valence-corrected chi connectivity index (χ2v) is 8.32.